The molecule has 4 rings (SSSR count). The van der Waals surface area contributed by atoms with E-state index in [1.807, 2.05) is 43.4 Å². The van der Waals surface area contributed by atoms with Gasteiger partial charge in [0.05, 0.1) is 17.0 Å². The Morgan fingerprint density at radius 3 is 2.11 bits per heavy atom. The van der Waals surface area contributed by atoms with Crippen LogP contribution in [0.3, 0.4) is 0 Å². The highest BCUT2D eigenvalue weighted by Crippen LogP contribution is 2.38. The fourth-order valence-electron chi connectivity index (χ4n) is 4.05. The van der Waals surface area contributed by atoms with E-state index in [-0.39, 0.29) is 11.3 Å². The number of hydrogen-bond donors (Lipinski definition) is 1. The molecule has 1 aliphatic rings. The number of likely N-dealkylation sites (N-methyl/N-ethyl adjacent to an activating group) is 1. The smallest absolute Gasteiger partial charge is 0.193 e. The van der Waals surface area contributed by atoms with Crippen molar-refractivity contribution < 1.29 is 0 Å². The van der Waals surface area contributed by atoms with Crippen molar-refractivity contribution in [1.82, 2.24) is 9.47 Å². The molecule has 0 bridgehead atoms. The van der Waals surface area contributed by atoms with Gasteiger partial charge >= 0.3 is 0 Å². The van der Waals surface area contributed by atoms with Crippen molar-refractivity contribution in [2.45, 2.75) is 27.3 Å². The molecule has 186 valence electrons. The van der Waals surface area contributed by atoms with Gasteiger partial charge in [-0.15, -0.1) is 0 Å². The van der Waals surface area contributed by atoms with Crippen molar-refractivity contribution >= 4 is 22.7 Å². The second-order valence-corrected chi connectivity index (χ2v) is 9.41. The summed E-state index contributed by atoms with van der Waals surface area (Å²) in [6, 6.07) is 21.9. The standard InChI is InChI=1S/C27H26N4O.C4H10/c1-4-29-27(28)22-18-31-16-15-30(3)26(23(31)17-24(22)32)25(21-13-9-6-10-14-21)19(2)20-11-7-5-8-12-20;1-4(2)3/h4-14,17-18H,1-2,15-16H2,3H3,(H2,28,29);4H,1-3H3/b26-25+;. The molecule has 0 unspecified atom stereocenters. The van der Waals surface area contributed by atoms with Crippen molar-refractivity contribution in [1.29, 1.82) is 0 Å². The van der Waals surface area contributed by atoms with E-state index in [1.54, 1.807) is 12.3 Å². The Hall–Kier alpha value is -4.12. The molecule has 2 N–H and O–H groups in total. The molecular formula is C31H36N4O. The summed E-state index contributed by atoms with van der Waals surface area (Å²) in [5, 5.41) is 0. The van der Waals surface area contributed by atoms with Crippen molar-refractivity contribution in [2.75, 3.05) is 13.6 Å². The Morgan fingerprint density at radius 1 is 1.00 bits per heavy atom. The summed E-state index contributed by atoms with van der Waals surface area (Å²) in [7, 11) is 2.05. The number of allylic oxidation sites excluding steroid dienone is 2. The summed E-state index contributed by atoms with van der Waals surface area (Å²) in [5.74, 6) is 1.00. The molecule has 0 saturated carbocycles. The van der Waals surface area contributed by atoms with Crippen LogP contribution >= 0.6 is 0 Å². The summed E-state index contributed by atoms with van der Waals surface area (Å²) in [5.41, 5.74) is 12.0. The lowest BCUT2D eigenvalue weighted by Crippen LogP contribution is -2.34. The molecule has 0 spiro atoms. The maximum absolute atomic E-state index is 13.0. The van der Waals surface area contributed by atoms with Gasteiger partial charge in [0.25, 0.3) is 0 Å². The molecular weight excluding hydrogens is 444 g/mol. The molecule has 0 amide bonds. The van der Waals surface area contributed by atoms with E-state index in [2.05, 4.69) is 72.7 Å². The monoisotopic (exact) mass is 480 g/mol. The number of aromatic nitrogens is 1. The van der Waals surface area contributed by atoms with Crippen LogP contribution in [0.25, 0.3) is 16.8 Å². The van der Waals surface area contributed by atoms with E-state index in [0.717, 1.165) is 52.7 Å². The van der Waals surface area contributed by atoms with Gasteiger partial charge in [-0.05, 0) is 22.6 Å². The fraction of sp³-hybridized carbons (Fsp3) is 0.226. The van der Waals surface area contributed by atoms with Gasteiger partial charge in [-0.25, -0.2) is 4.99 Å². The highest BCUT2D eigenvalue weighted by atomic mass is 16.1. The number of benzene rings is 2. The Balaban J connectivity index is 0.000000840. The summed E-state index contributed by atoms with van der Waals surface area (Å²) in [4.78, 5) is 19.2. The number of nitrogens with two attached hydrogens (primary N) is 1. The van der Waals surface area contributed by atoms with Crippen LogP contribution in [-0.2, 0) is 6.54 Å². The predicted molar refractivity (Wildman–Crippen MR) is 153 cm³/mol. The van der Waals surface area contributed by atoms with Gasteiger partial charge in [-0.2, -0.15) is 0 Å². The van der Waals surface area contributed by atoms with Crippen LogP contribution in [0.15, 0.2) is 102 Å². The van der Waals surface area contributed by atoms with E-state index in [0.29, 0.717) is 5.56 Å². The molecule has 0 aliphatic carbocycles. The van der Waals surface area contributed by atoms with Crippen molar-refractivity contribution in [3.8, 4) is 0 Å². The van der Waals surface area contributed by atoms with Gasteiger partial charge in [0.15, 0.2) is 5.43 Å². The molecule has 5 heteroatoms. The van der Waals surface area contributed by atoms with Crippen LogP contribution in [-0.4, -0.2) is 28.9 Å². The number of amidine groups is 1. The highest BCUT2D eigenvalue weighted by molar-refractivity contribution is 6.13. The Morgan fingerprint density at radius 2 is 1.56 bits per heavy atom. The first-order chi connectivity index (χ1) is 17.2. The van der Waals surface area contributed by atoms with Crippen LogP contribution in [0, 0.1) is 5.92 Å². The second-order valence-electron chi connectivity index (χ2n) is 9.41. The van der Waals surface area contributed by atoms with E-state index in [9.17, 15) is 4.79 Å². The third-order valence-electron chi connectivity index (χ3n) is 5.66. The first-order valence-electron chi connectivity index (χ1n) is 12.2. The van der Waals surface area contributed by atoms with Crippen LogP contribution in [0.5, 0.6) is 0 Å². The summed E-state index contributed by atoms with van der Waals surface area (Å²) < 4.78 is 2.07. The highest BCUT2D eigenvalue weighted by Gasteiger charge is 2.25. The molecule has 0 fully saturated rings. The summed E-state index contributed by atoms with van der Waals surface area (Å²) in [6.45, 7) is 16.0. The van der Waals surface area contributed by atoms with E-state index >= 15 is 0 Å². The van der Waals surface area contributed by atoms with E-state index < -0.39 is 0 Å². The van der Waals surface area contributed by atoms with E-state index in [1.165, 1.54) is 6.20 Å². The second kappa shape index (κ2) is 12.0. The molecule has 1 aromatic heterocycles. The quantitative estimate of drug-likeness (QED) is 0.366. The molecule has 1 aliphatic heterocycles. The zero-order valence-corrected chi connectivity index (χ0v) is 21.7. The average molecular weight is 481 g/mol. The van der Waals surface area contributed by atoms with Crippen molar-refractivity contribution in [3.05, 3.63) is 125 Å². The minimum atomic E-state index is -0.176. The number of hydrogen-bond acceptors (Lipinski definition) is 3. The number of pyridine rings is 1. The predicted octanol–water partition coefficient (Wildman–Crippen LogP) is 5.89. The Labute approximate surface area is 214 Å². The zero-order chi connectivity index (χ0) is 26.2. The summed E-state index contributed by atoms with van der Waals surface area (Å²) in [6.07, 6.45) is 3.14. The molecule has 3 aromatic rings. The van der Waals surface area contributed by atoms with Gasteiger partial charge in [-0.3, -0.25) is 4.79 Å². The SMILES string of the molecule is C=CN=C(N)c1cn2c(cc1=O)/C(=C(/C(=C)c1ccccc1)c1ccccc1)N(C)CC2.CC(C)C. The third kappa shape index (κ3) is 6.11. The molecule has 0 atom stereocenters. The topological polar surface area (TPSA) is 63.6 Å². The molecule has 0 saturated heterocycles. The number of aliphatic imine (C=N–C) groups is 1. The third-order valence-corrected chi connectivity index (χ3v) is 5.66. The van der Waals surface area contributed by atoms with Crippen LogP contribution in [0.2, 0.25) is 0 Å². The van der Waals surface area contributed by atoms with Crippen LogP contribution in [0.4, 0.5) is 0 Å². The lowest BCUT2D eigenvalue weighted by atomic mass is 9.89. The van der Waals surface area contributed by atoms with Crippen LogP contribution < -0.4 is 11.2 Å². The van der Waals surface area contributed by atoms with Crippen molar-refractivity contribution in [3.63, 3.8) is 0 Å². The first-order valence-corrected chi connectivity index (χ1v) is 12.2. The number of rotatable bonds is 5. The maximum Gasteiger partial charge on any atom is 0.193 e. The molecule has 0 radical (unpaired) electrons. The molecule has 5 nitrogen and oxygen atoms in total. The van der Waals surface area contributed by atoms with Crippen molar-refractivity contribution in [2.24, 2.45) is 16.6 Å². The maximum atomic E-state index is 13.0. The Kier molecular flexibility index (Phi) is 8.85. The summed E-state index contributed by atoms with van der Waals surface area (Å²) >= 11 is 0. The normalized spacial score (nSPS) is 14.5. The molecule has 36 heavy (non-hydrogen) atoms. The van der Waals surface area contributed by atoms with E-state index in [4.69, 9.17) is 5.73 Å². The fourth-order valence-corrected chi connectivity index (χ4v) is 4.05. The lowest BCUT2D eigenvalue weighted by molar-refractivity contribution is 0.409. The van der Waals surface area contributed by atoms with Gasteiger partial charge < -0.3 is 15.2 Å². The minimum absolute atomic E-state index is 0.168. The first kappa shape index (κ1) is 26.5. The van der Waals surface area contributed by atoms with Gasteiger partial charge in [0.2, 0.25) is 0 Å². The van der Waals surface area contributed by atoms with Gasteiger partial charge in [-0.1, -0.05) is 94.6 Å². The van der Waals surface area contributed by atoms with Crippen LogP contribution in [0.1, 0.15) is 43.2 Å². The van der Waals surface area contributed by atoms with Gasteiger partial charge in [0, 0.05) is 44.2 Å². The lowest BCUT2D eigenvalue weighted by Gasteiger charge is -2.34. The molecule has 2 aromatic carbocycles. The Bertz CT molecular complexity index is 1330. The largest absolute Gasteiger partial charge is 0.383 e. The zero-order valence-electron chi connectivity index (χ0n) is 21.7. The average Bonchev–Trinajstić information content (AvgIpc) is 2.86. The molecule has 2 heterocycles. The minimum Gasteiger partial charge on any atom is -0.383 e. The number of fused-ring (bicyclic) bond motifs is 1. The number of nitrogens with zero attached hydrogens (tertiary/aromatic N) is 3. The van der Waals surface area contributed by atoms with Gasteiger partial charge in [0.1, 0.15) is 5.84 Å².